The minimum absolute atomic E-state index is 0.139. The van der Waals surface area contributed by atoms with Crippen molar-refractivity contribution in [1.82, 2.24) is 20.1 Å². The number of nitrogens with zero attached hydrogens (tertiary/aromatic N) is 3. The highest BCUT2D eigenvalue weighted by molar-refractivity contribution is 5.83. The van der Waals surface area contributed by atoms with Crippen molar-refractivity contribution in [2.45, 2.75) is 96.2 Å². The number of urea groups is 1. The topological polar surface area (TPSA) is 107 Å². The molecule has 3 aliphatic rings. The predicted molar refractivity (Wildman–Crippen MR) is 149 cm³/mol. The number of carbonyl (C=O) groups is 2. The van der Waals surface area contributed by atoms with Crippen LogP contribution in [0.5, 0.6) is 0 Å². The first-order valence-corrected chi connectivity index (χ1v) is 14.7. The van der Waals surface area contributed by atoms with E-state index in [1.54, 1.807) is 4.90 Å². The van der Waals surface area contributed by atoms with Crippen LogP contribution in [0.25, 0.3) is 0 Å². The molecule has 1 aromatic heterocycles. The molecule has 1 saturated carbocycles. The number of likely N-dealkylation sites (tertiary alicyclic amines) is 1. The third kappa shape index (κ3) is 8.56. The maximum Gasteiger partial charge on any atom is 0.326 e. The number of hydrogen-bond donors (Lipinski definition) is 3. The minimum atomic E-state index is -0.977. The summed E-state index contributed by atoms with van der Waals surface area (Å²) in [6, 6.07) is 3.47. The number of anilines is 1. The van der Waals surface area contributed by atoms with Crippen molar-refractivity contribution in [2.75, 3.05) is 44.7 Å². The summed E-state index contributed by atoms with van der Waals surface area (Å²) in [4.78, 5) is 33.7. The third-order valence-corrected chi connectivity index (χ3v) is 8.23. The van der Waals surface area contributed by atoms with Crippen molar-refractivity contribution in [2.24, 2.45) is 5.92 Å². The summed E-state index contributed by atoms with van der Waals surface area (Å²) in [5, 5.41) is 16.0. The Hall–Kier alpha value is -2.39. The predicted octanol–water partition coefficient (Wildman–Crippen LogP) is 3.92. The third-order valence-electron chi connectivity index (χ3n) is 8.23. The van der Waals surface area contributed by atoms with Crippen molar-refractivity contribution in [3.05, 3.63) is 23.4 Å². The lowest BCUT2D eigenvalue weighted by Gasteiger charge is -2.29. The van der Waals surface area contributed by atoms with E-state index in [0.29, 0.717) is 19.6 Å². The van der Waals surface area contributed by atoms with E-state index in [4.69, 9.17) is 9.72 Å². The van der Waals surface area contributed by atoms with Gasteiger partial charge < -0.3 is 30.3 Å². The number of carbonyl (C=O) groups excluding carboxylic acids is 1. The SMILES string of the molecule is C[C@@H]1CC[C@@H](C)N1C(=O)N[C@@H](CCN(CCCCc1ccc2c(n1)NCCC2)CCOCC1CC1)C(=O)O. The van der Waals surface area contributed by atoms with E-state index < -0.39 is 12.0 Å². The lowest BCUT2D eigenvalue weighted by molar-refractivity contribution is -0.139. The number of aryl methyl sites for hydroxylation is 2. The standard InChI is InChI=1S/C29H47N5O4/c1-21-8-9-22(2)34(21)29(37)32-26(28(35)36)14-17-33(18-19-38-20-23-10-11-23)16-4-3-7-25-13-12-24-6-5-15-30-27(24)31-25/h12-13,21-23,26H,3-11,14-20H2,1-2H3,(H,30,31)(H,32,37)(H,35,36)/t21-,22-,26+/m1/s1. The summed E-state index contributed by atoms with van der Waals surface area (Å²) in [5.74, 6) is 0.793. The maximum atomic E-state index is 12.8. The largest absolute Gasteiger partial charge is 0.480 e. The van der Waals surface area contributed by atoms with E-state index in [9.17, 15) is 14.7 Å². The second kappa shape index (κ2) is 14.1. The van der Waals surface area contributed by atoms with E-state index >= 15 is 0 Å². The van der Waals surface area contributed by atoms with E-state index in [1.807, 2.05) is 13.8 Å². The highest BCUT2D eigenvalue weighted by Crippen LogP contribution is 2.28. The van der Waals surface area contributed by atoms with Gasteiger partial charge in [0.05, 0.1) is 6.61 Å². The van der Waals surface area contributed by atoms with Gasteiger partial charge in [-0.3, -0.25) is 0 Å². The number of carboxylic acid groups (broad SMARTS) is 1. The number of aromatic nitrogens is 1. The van der Waals surface area contributed by atoms with Gasteiger partial charge in [-0.05, 0) is 102 Å². The second-order valence-corrected chi connectivity index (χ2v) is 11.5. The van der Waals surface area contributed by atoms with Crippen molar-refractivity contribution in [1.29, 1.82) is 0 Å². The molecule has 212 valence electrons. The van der Waals surface area contributed by atoms with Gasteiger partial charge in [-0.25, -0.2) is 14.6 Å². The quantitative estimate of drug-likeness (QED) is 0.296. The first-order chi connectivity index (χ1) is 18.4. The molecule has 0 bridgehead atoms. The molecule has 0 aromatic carbocycles. The van der Waals surface area contributed by atoms with Crippen LogP contribution in [-0.2, 0) is 22.4 Å². The molecule has 9 heteroatoms. The van der Waals surface area contributed by atoms with Crippen molar-refractivity contribution in [3.8, 4) is 0 Å². The van der Waals surface area contributed by atoms with Gasteiger partial charge in [-0.2, -0.15) is 0 Å². The highest BCUT2D eigenvalue weighted by atomic mass is 16.5. The normalized spacial score (nSPS) is 21.7. The number of pyridine rings is 1. The molecular weight excluding hydrogens is 482 g/mol. The molecular formula is C29H47N5O4. The summed E-state index contributed by atoms with van der Waals surface area (Å²) < 4.78 is 5.88. The fourth-order valence-corrected chi connectivity index (χ4v) is 5.60. The zero-order valence-corrected chi connectivity index (χ0v) is 23.3. The molecule has 2 amide bonds. The fraction of sp³-hybridized carbons (Fsp3) is 0.759. The van der Waals surface area contributed by atoms with Crippen LogP contribution in [0.4, 0.5) is 10.6 Å². The summed E-state index contributed by atoms with van der Waals surface area (Å²) in [7, 11) is 0. The summed E-state index contributed by atoms with van der Waals surface area (Å²) in [6.45, 7) is 8.78. The number of fused-ring (bicyclic) bond motifs is 1. The molecule has 0 radical (unpaired) electrons. The van der Waals surface area contributed by atoms with E-state index in [-0.39, 0.29) is 18.1 Å². The Bertz CT molecular complexity index is 914. The van der Waals surface area contributed by atoms with Gasteiger partial charge in [-0.15, -0.1) is 0 Å². The monoisotopic (exact) mass is 529 g/mol. The molecule has 4 rings (SSSR count). The summed E-state index contributed by atoms with van der Waals surface area (Å²) in [6.07, 6.45) is 10.0. The van der Waals surface area contributed by atoms with E-state index in [2.05, 4.69) is 27.7 Å². The number of rotatable bonds is 15. The van der Waals surface area contributed by atoms with Crippen LogP contribution in [0.15, 0.2) is 12.1 Å². The Morgan fingerprint density at radius 1 is 1.16 bits per heavy atom. The van der Waals surface area contributed by atoms with Crippen molar-refractivity contribution < 1.29 is 19.4 Å². The maximum absolute atomic E-state index is 12.8. The van der Waals surface area contributed by atoms with Crippen molar-refractivity contribution in [3.63, 3.8) is 0 Å². The fourth-order valence-electron chi connectivity index (χ4n) is 5.60. The minimum Gasteiger partial charge on any atom is -0.480 e. The Morgan fingerprint density at radius 3 is 2.68 bits per heavy atom. The molecule has 3 atom stereocenters. The van der Waals surface area contributed by atoms with Crippen LogP contribution in [0.3, 0.4) is 0 Å². The van der Waals surface area contributed by atoms with Crippen molar-refractivity contribution >= 4 is 17.8 Å². The molecule has 2 aliphatic heterocycles. The molecule has 2 fully saturated rings. The Balaban J connectivity index is 1.24. The molecule has 3 N–H and O–H groups in total. The smallest absolute Gasteiger partial charge is 0.326 e. The first kappa shape index (κ1) is 28.6. The highest BCUT2D eigenvalue weighted by Gasteiger charge is 2.33. The number of ether oxygens (including phenoxy) is 1. The van der Waals surface area contributed by atoms with Crippen LogP contribution < -0.4 is 10.6 Å². The van der Waals surface area contributed by atoms with Crippen LogP contribution in [0.2, 0.25) is 0 Å². The number of amides is 2. The molecule has 1 saturated heterocycles. The molecule has 38 heavy (non-hydrogen) atoms. The van der Waals surface area contributed by atoms with Gasteiger partial charge in [0.25, 0.3) is 0 Å². The van der Waals surface area contributed by atoms with Crippen LogP contribution in [0, 0.1) is 5.92 Å². The molecule has 0 unspecified atom stereocenters. The number of unbranched alkanes of at least 4 members (excludes halogenated alkanes) is 1. The summed E-state index contributed by atoms with van der Waals surface area (Å²) >= 11 is 0. The van der Waals surface area contributed by atoms with E-state index in [1.165, 1.54) is 18.4 Å². The van der Waals surface area contributed by atoms with Gasteiger partial charge >= 0.3 is 12.0 Å². The average Bonchev–Trinajstić information content (AvgIpc) is 3.67. The lowest BCUT2D eigenvalue weighted by atomic mass is 10.1. The first-order valence-electron chi connectivity index (χ1n) is 14.7. The zero-order valence-electron chi connectivity index (χ0n) is 23.3. The summed E-state index contributed by atoms with van der Waals surface area (Å²) in [5.41, 5.74) is 2.43. The van der Waals surface area contributed by atoms with Crippen LogP contribution >= 0.6 is 0 Å². The molecule has 0 spiro atoms. The van der Waals surface area contributed by atoms with Gasteiger partial charge in [-0.1, -0.05) is 6.07 Å². The van der Waals surface area contributed by atoms with Gasteiger partial charge in [0.15, 0.2) is 0 Å². The van der Waals surface area contributed by atoms with Gasteiger partial charge in [0.1, 0.15) is 11.9 Å². The average molecular weight is 530 g/mol. The van der Waals surface area contributed by atoms with Crippen LogP contribution in [0.1, 0.15) is 76.5 Å². The van der Waals surface area contributed by atoms with Crippen LogP contribution in [-0.4, -0.2) is 89.4 Å². The van der Waals surface area contributed by atoms with E-state index in [0.717, 1.165) is 88.6 Å². The second-order valence-electron chi connectivity index (χ2n) is 11.5. The van der Waals surface area contributed by atoms with Gasteiger partial charge in [0.2, 0.25) is 0 Å². The number of nitrogens with one attached hydrogen (secondary N) is 2. The number of hydrogen-bond acceptors (Lipinski definition) is 6. The number of aliphatic carboxylic acids is 1. The van der Waals surface area contributed by atoms with Gasteiger partial charge in [0, 0.05) is 44.0 Å². The lowest BCUT2D eigenvalue weighted by Crippen LogP contribution is -2.51. The molecule has 9 nitrogen and oxygen atoms in total. The zero-order chi connectivity index (χ0) is 26.9. The molecule has 3 heterocycles. The Labute approximate surface area is 227 Å². The number of carboxylic acids is 1. The molecule has 1 aliphatic carbocycles. The molecule has 1 aromatic rings. The Kier molecular flexibility index (Phi) is 10.6. The Morgan fingerprint density at radius 2 is 1.95 bits per heavy atom.